The molecule has 0 aliphatic carbocycles. The van der Waals surface area contributed by atoms with E-state index in [1.165, 1.54) is 4.90 Å². The van der Waals surface area contributed by atoms with Gasteiger partial charge in [0.25, 0.3) is 23.6 Å². The van der Waals surface area contributed by atoms with Crippen molar-refractivity contribution in [3.8, 4) is 0 Å². The van der Waals surface area contributed by atoms with Crippen molar-refractivity contribution in [1.82, 2.24) is 10.2 Å². The number of amides is 4. The molecule has 0 fully saturated rings. The monoisotopic (exact) mass is 441 g/mol. The van der Waals surface area contributed by atoms with E-state index in [0.29, 0.717) is 40.0 Å². The first-order valence-corrected chi connectivity index (χ1v) is 10.7. The maximum Gasteiger partial charge on any atom is 0.261 e. The maximum atomic E-state index is 12.9. The summed E-state index contributed by atoms with van der Waals surface area (Å²) in [4.78, 5) is 51.8. The van der Waals surface area contributed by atoms with Crippen molar-refractivity contribution in [2.75, 3.05) is 11.9 Å². The minimum Gasteiger partial charge on any atom is -0.352 e. The number of imide groups is 1. The van der Waals surface area contributed by atoms with Crippen molar-refractivity contribution in [2.45, 2.75) is 19.9 Å². The first kappa shape index (κ1) is 22.0. The third-order valence-corrected chi connectivity index (χ3v) is 5.36. The first-order chi connectivity index (χ1) is 16.0. The van der Waals surface area contributed by atoms with Gasteiger partial charge in [-0.2, -0.15) is 0 Å². The van der Waals surface area contributed by atoms with Crippen molar-refractivity contribution < 1.29 is 19.2 Å². The average molecular weight is 441 g/mol. The molecule has 0 bridgehead atoms. The summed E-state index contributed by atoms with van der Waals surface area (Å²) in [5.41, 5.74) is 2.55. The lowest BCUT2D eigenvalue weighted by molar-refractivity contribution is 0.0642. The molecule has 3 aromatic rings. The van der Waals surface area contributed by atoms with Crippen molar-refractivity contribution in [2.24, 2.45) is 0 Å². The molecule has 1 aliphatic rings. The molecule has 0 saturated carbocycles. The Morgan fingerprint density at radius 2 is 1.48 bits per heavy atom. The van der Waals surface area contributed by atoms with Gasteiger partial charge in [-0.05, 0) is 48.4 Å². The Hall–Kier alpha value is -4.26. The number of nitrogens with zero attached hydrogens (tertiary/aromatic N) is 1. The fourth-order valence-corrected chi connectivity index (χ4v) is 3.69. The molecule has 166 valence electrons. The van der Waals surface area contributed by atoms with Crippen LogP contribution in [0.2, 0.25) is 0 Å². The van der Waals surface area contributed by atoms with Gasteiger partial charge in [0.1, 0.15) is 0 Å². The third-order valence-electron chi connectivity index (χ3n) is 5.36. The molecule has 1 heterocycles. The average Bonchev–Trinajstić information content (AvgIpc) is 3.08. The van der Waals surface area contributed by atoms with Crippen LogP contribution >= 0.6 is 0 Å². The Kier molecular flexibility index (Phi) is 6.31. The number of carbonyl (C=O) groups excluding carboxylic acids is 4. The van der Waals surface area contributed by atoms with Crippen molar-refractivity contribution >= 4 is 29.3 Å². The smallest absolute Gasteiger partial charge is 0.261 e. The molecule has 0 radical (unpaired) electrons. The second kappa shape index (κ2) is 9.48. The van der Waals surface area contributed by atoms with Crippen molar-refractivity contribution in [1.29, 1.82) is 0 Å². The minimum atomic E-state index is -0.394. The Morgan fingerprint density at radius 1 is 0.818 bits per heavy atom. The van der Waals surface area contributed by atoms with E-state index in [2.05, 4.69) is 10.6 Å². The number of anilines is 1. The summed E-state index contributed by atoms with van der Waals surface area (Å²) in [5.74, 6) is -1.35. The standard InChI is InChI=1S/C26H23N3O4/c1-2-14-27-24(31)21-12-5-6-13-22(21)28-23(30)18-9-7-8-17(15-18)16-29-25(32)19-10-3-4-11-20(19)26(29)33/h3-13,15H,2,14,16H2,1H3,(H,27,31)(H,28,30). The van der Waals surface area contributed by atoms with Crippen LogP contribution in [0.3, 0.4) is 0 Å². The normalized spacial score (nSPS) is 12.5. The van der Waals surface area contributed by atoms with Crippen LogP contribution < -0.4 is 10.6 Å². The zero-order valence-corrected chi connectivity index (χ0v) is 18.1. The number of nitrogens with one attached hydrogen (secondary N) is 2. The van der Waals surface area contributed by atoms with Crippen LogP contribution in [0.1, 0.15) is 60.3 Å². The van der Waals surface area contributed by atoms with Crippen LogP contribution in [0.15, 0.2) is 72.8 Å². The molecule has 33 heavy (non-hydrogen) atoms. The highest BCUT2D eigenvalue weighted by Crippen LogP contribution is 2.24. The van der Waals surface area contributed by atoms with Gasteiger partial charge in [0.2, 0.25) is 0 Å². The number of rotatable bonds is 7. The number of hydrogen-bond acceptors (Lipinski definition) is 4. The summed E-state index contributed by atoms with van der Waals surface area (Å²) in [6, 6.07) is 20.2. The fourth-order valence-electron chi connectivity index (χ4n) is 3.69. The molecule has 0 atom stereocenters. The van der Waals surface area contributed by atoms with E-state index in [0.717, 1.165) is 6.42 Å². The van der Waals surface area contributed by atoms with Gasteiger partial charge in [-0.25, -0.2) is 0 Å². The Labute approximate surface area is 191 Å². The van der Waals surface area contributed by atoms with Crippen LogP contribution in [0, 0.1) is 0 Å². The predicted molar refractivity (Wildman–Crippen MR) is 124 cm³/mol. The van der Waals surface area contributed by atoms with E-state index in [9.17, 15) is 19.2 Å². The summed E-state index contributed by atoms with van der Waals surface area (Å²) in [7, 11) is 0. The maximum absolute atomic E-state index is 12.9. The minimum absolute atomic E-state index is 0.0590. The lowest BCUT2D eigenvalue weighted by atomic mass is 10.1. The summed E-state index contributed by atoms with van der Waals surface area (Å²) < 4.78 is 0. The van der Waals surface area contributed by atoms with Gasteiger partial charge in [-0.3, -0.25) is 24.1 Å². The number of benzene rings is 3. The second-order valence-corrected chi connectivity index (χ2v) is 7.70. The van der Waals surface area contributed by atoms with Gasteiger partial charge in [0.15, 0.2) is 0 Å². The molecule has 0 unspecified atom stereocenters. The molecular weight excluding hydrogens is 418 g/mol. The lowest BCUT2D eigenvalue weighted by Crippen LogP contribution is -2.29. The predicted octanol–water partition coefficient (Wildman–Crippen LogP) is 3.87. The van der Waals surface area contributed by atoms with Crippen LogP contribution in [-0.2, 0) is 6.54 Å². The van der Waals surface area contributed by atoms with Crippen LogP contribution in [0.25, 0.3) is 0 Å². The van der Waals surface area contributed by atoms with Crippen LogP contribution in [0.4, 0.5) is 5.69 Å². The van der Waals surface area contributed by atoms with E-state index in [1.807, 2.05) is 6.92 Å². The molecule has 4 rings (SSSR count). The molecule has 0 saturated heterocycles. The molecule has 0 spiro atoms. The molecular formula is C26H23N3O4. The lowest BCUT2D eigenvalue weighted by Gasteiger charge is -2.15. The number of hydrogen-bond donors (Lipinski definition) is 2. The van der Waals surface area contributed by atoms with Crippen LogP contribution in [0.5, 0.6) is 0 Å². The topological polar surface area (TPSA) is 95.6 Å². The van der Waals surface area contributed by atoms with E-state index in [1.54, 1.807) is 72.8 Å². The number of para-hydroxylation sites is 1. The highest BCUT2D eigenvalue weighted by molar-refractivity contribution is 6.21. The van der Waals surface area contributed by atoms with Crippen molar-refractivity contribution in [3.05, 3.63) is 101 Å². The number of carbonyl (C=O) groups is 4. The molecule has 4 amide bonds. The Morgan fingerprint density at radius 3 is 2.18 bits per heavy atom. The second-order valence-electron chi connectivity index (χ2n) is 7.70. The molecule has 0 aromatic heterocycles. The SMILES string of the molecule is CCCNC(=O)c1ccccc1NC(=O)c1cccc(CN2C(=O)c3ccccc3C2=O)c1. The molecule has 3 aromatic carbocycles. The zero-order valence-electron chi connectivity index (χ0n) is 18.1. The van der Waals surface area contributed by atoms with E-state index < -0.39 is 5.91 Å². The highest BCUT2D eigenvalue weighted by Gasteiger charge is 2.35. The van der Waals surface area contributed by atoms with Gasteiger partial charge < -0.3 is 10.6 Å². The van der Waals surface area contributed by atoms with Gasteiger partial charge in [-0.15, -0.1) is 0 Å². The summed E-state index contributed by atoms with van der Waals surface area (Å²) >= 11 is 0. The van der Waals surface area contributed by atoms with Gasteiger partial charge in [0, 0.05) is 12.1 Å². The summed E-state index contributed by atoms with van der Waals surface area (Å²) in [5, 5.41) is 5.60. The Balaban J connectivity index is 1.50. The molecule has 2 N–H and O–H groups in total. The summed E-state index contributed by atoms with van der Waals surface area (Å²) in [6.45, 7) is 2.56. The van der Waals surface area contributed by atoms with Crippen LogP contribution in [-0.4, -0.2) is 35.1 Å². The number of fused-ring (bicyclic) bond motifs is 1. The summed E-state index contributed by atoms with van der Waals surface area (Å²) in [6.07, 6.45) is 0.806. The first-order valence-electron chi connectivity index (χ1n) is 10.7. The fraction of sp³-hybridized carbons (Fsp3) is 0.154. The van der Waals surface area contributed by atoms with Crippen molar-refractivity contribution in [3.63, 3.8) is 0 Å². The zero-order chi connectivity index (χ0) is 23.4. The largest absolute Gasteiger partial charge is 0.352 e. The Bertz CT molecular complexity index is 1220. The highest BCUT2D eigenvalue weighted by atomic mass is 16.2. The quantitative estimate of drug-likeness (QED) is 0.544. The van der Waals surface area contributed by atoms with E-state index >= 15 is 0 Å². The van der Waals surface area contributed by atoms with Gasteiger partial charge >= 0.3 is 0 Å². The molecule has 7 nitrogen and oxygen atoms in total. The van der Waals surface area contributed by atoms with E-state index in [4.69, 9.17) is 0 Å². The van der Waals surface area contributed by atoms with E-state index in [-0.39, 0.29) is 24.3 Å². The third kappa shape index (κ3) is 4.52. The van der Waals surface area contributed by atoms with Gasteiger partial charge in [-0.1, -0.05) is 43.3 Å². The van der Waals surface area contributed by atoms with Gasteiger partial charge in [0.05, 0.1) is 28.9 Å². The molecule has 7 heteroatoms. The molecule has 1 aliphatic heterocycles.